The summed E-state index contributed by atoms with van der Waals surface area (Å²) in [6.45, 7) is 22.7. The molecule has 0 unspecified atom stereocenters. The summed E-state index contributed by atoms with van der Waals surface area (Å²) in [6, 6.07) is 72.9. The highest BCUT2D eigenvalue weighted by molar-refractivity contribution is 6.29. The van der Waals surface area contributed by atoms with Crippen molar-refractivity contribution in [1.29, 1.82) is 0 Å². The first kappa shape index (κ1) is 83.3. The van der Waals surface area contributed by atoms with E-state index in [2.05, 4.69) is 225 Å². The molecule has 0 atom stereocenters. The van der Waals surface area contributed by atoms with Crippen LogP contribution in [0.2, 0.25) is 0 Å². The number of fused-ring (bicyclic) bond motifs is 14. The lowest BCUT2D eigenvalue weighted by Crippen LogP contribution is -2.03. The van der Waals surface area contributed by atoms with Crippen LogP contribution in [0.25, 0.3) is 108 Å². The minimum atomic E-state index is 0.565. The SMILES string of the molecule is CCCCCCOc1cc2c(cc1OCCCCCC)c1cc(OCCCCCC)c3c#cc4cccc(c#cc5cc6c(cc5OCCCCCC)c5cc(OCCCCCC)c(OCCCCCC)cc5c5cc(OCCCCCC)c(c#cc7cccc(c#cc8cc(c2cc8OCCCCCC)c1c3)c7)cc56)c4. The van der Waals surface area contributed by atoms with Crippen molar-refractivity contribution in [2.75, 3.05) is 52.9 Å². The Morgan fingerprint density at radius 1 is 0.170 bits per heavy atom. The van der Waals surface area contributed by atoms with Crippen LogP contribution in [0.3, 0.4) is 0 Å². The quantitative estimate of drug-likeness (QED) is 0.0276. The van der Waals surface area contributed by atoms with Gasteiger partial charge < -0.3 is 37.9 Å². The van der Waals surface area contributed by atoms with E-state index in [4.69, 9.17) is 37.9 Å². The van der Waals surface area contributed by atoms with Crippen molar-refractivity contribution >= 4 is 108 Å². The molecule has 8 heteroatoms. The predicted octanol–water partition coefficient (Wildman–Crippen LogP) is 30.1. The third kappa shape index (κ3) is 23.3. The van der Waals surface area contributed by atoms with Crippen molar-refractivity contribution in [1.82, 2.24) is 0 Å². The van der Waals surface area contributed by atoms with E-state index in [1.807, 2.05) is 0 Å². The van der Waals surface area contributed by atoms with Gasteiger partial charge >= 0.3 is 0 Å². The number of rotatable bonds is 48. The number of hydrogen-bond acceptors (Lipinski definition) is 8. The molecule has 0 saturated carbocycles. The number of unbranched alkanes of at least 4 members (excludes halogenated alkanes) is 24. The summed E-state index contributed by atoms with van der Waals surface area (Å²) in [5.41, 5.74) is 0. The first-order valence-corrected chi connectivity index (χ1v) is 43.7. The molecule has 0 radical (unpaired) electrons. The fourth-order valence-corrected chi connectivity index (χ4v) is 15.0. The summed E-state index contributed by atoms with van der Waals surface area (Å²) in [5, 5.41) is 19.0. The van der Waals surface area contributed by atoms with Gasteiger partial charge in [-0.3, -0.25) is 0 Å². The molecular formula is C104H124O8. The molecule has 588 valence electrons. The van der Waals surface area contributed by atoms with E-state index in [1.54, 1.807) is 0 Å². The summed E-state index contributed by atoms with van der Waals surface area (Å²) >= 11 is 0. The zero-order valence-electron chi connectivity index (χ0n) is 69.1. The van der Waals surface area contributed by atoms with E-state index in [1.165, 1.54) is 25.7 Å². The number of benzene rings is 10. The molecule has 0 aliphatic carbocycles. The molecule has 0 heterocycles. The van der Waals surface area contributed by atoms with Crippen LogP contribution >= 0.6 is 0 Å². The normalized spacial score (nSPS) is 11.3. The van der Waals surface area contributed by atoms with Gasteiger partial charge in [-0.2, -0.15) is 0 Å². The van der Waals surface area contributed by atoms with Crippen LogP contribution in [0.5, 0.6) is 46.0 Å². The van der Waals surface area contributed by atoms with E-state index >= 15 is 0 Å². The van der Waals surface area contributed by atoms with Crippen LogP contribution in [0.15, 0.2) is 121 Å². The molecule has 12 bridgehead atoms. The highest BCUT2D eigenvalue weighted by atomic mass is 16.5. The zero-order valence-corrected chi connectivity index (χ0v) is 69.1. The Bertz CT molecular complexity index is 4380. The molecule has 0 spiro atoms. The van der Waals surface area contributed by atoms with Crippen molar-refractivity contribution in [3.63, 3.8) is 0 Å². The van der Waals surface area contributed by atoms with Gasteiger partial charge in [0.15, 0.2) is 23.0 Å². The van der Waals surface area contributed by atoms with Crippen LogP contribution in [-0.2, 0) is 0 Å². The molecular weight excluding hydrogens is 1380 g/mol. The summed E-state index contributed by atoms with van der Waals surface area (Å²) < 4.78 is 55.3. The van der Waals surface area contributed by atoms with Gasteiger partial charge in [0, 0.05) is 21.5 Å². The second-order valence-electron chi connectivity index (χ2n) is 30.7. The maximum Gasteiger partial charge on any atom is 0.161 e. The van der Waals surface area contributed by atoms with Gasteiger partial charge in [-0.25, -0.2) is 0 Å². The van der Waals surface area contributed by atoms with Gasteiger partial charge in [-0.05, 0) is 225 Å². The molecule has 11 rings (SSSR count). The zero-order chi connectivity index (χ0) is 77.9. The second-order valence-corrected chi connectivity index (χ2v) is 30.7. The minimum absolute atomic E-state index is 0.565. The molecule has 112 heavy (non-hydrogen) atoms. The smallest absolute Gasteiger partial charge is 0.161 e. The molecule has 11 aromatic carbocycles. The fourth-order valence-electron chi connectivity index (χ4n) is 15.0. The predicted molar refractivity (Wildman–Crippen MR) is 473 cm³/mol. The van der Waals surface area contributed by atoms with E-state index in [-0.39, 0.29) is 0 Å². The van der Waals surface area contributed by atoms with Gasteiger partial charge in [-0.1, -0.05) is 270 Å². The number of ether oxygens (including phenoxy) is 8. The van der Waals surface area contributed by atoms with Crippen LogP contribution < -0.4 is 37.9 Å². The molecule has 0 aliphatic rings. The van der Waals surface area contributed by atoms with Crippen molar-refractivity contribution < 1.29 is 37.9 Å². The lowest BCUT2D eigenvalue weighted by molar-refractivity contribution is 0.259. The standard InChI is InChI=1S/C104H124O8/c1-9-17-25-33-55-105-97-69-89-85-65-81(97)51-47-77-43-41-44-78(63-77)48-53-83-67-87-88-68-84(100(108-58-36-28-20-12-4)72-92(88)96-76-104(112-62-40-32-24-16-8)103(111-61-39-31-23-15-7)75-95(96)91(87)71-99(83)107-57-35-27-19-11-3)54-50-80-46-42-45-79(64-80)49-52-82-66-86(85)90(70-98(82)106-56-34-26-18-10-2)94-74-102(110-60-38-30-22-14-6)101(73-93(89)94)109-59-37-29-21-13-5/h41-46,63-76H,9-40,55-62H2,1-8H3. The summed E-state index contributed by atoms with van der Waals surface area (Å²) in [4.78, 5) is 0. The lowest BCUT2D eigenvalue weighted by Gasteiger charge is -2.18. The maximum atomic E-state index is 6.99. The Labute approximate surface area is 671 Å². The highest BCUT2D eigenvalue weighted by Crippen LogP contribution is 2.48. The first-order valence-electron chi connectivity index (χ1n) is 43.7. The summed E-state index contributed by atoms with van der Waals surface area (Å²) in [5.74, 6) is 5.98. The van der Waals surface area contributed by atoms with Crippen LogP contribution in [0.1, 0.15) is 261 Å². The van der Waals surface area contributed by atoms with E-state index < -0.39 is 0 Å². The highest BCUT2D eigenvalue weighted by Gasteiger charge is 2.22. The molecule has 0 amide bonds. The van der Waals surface area contributed by atoms with E-state index in [9.17, 15) is 0 Å². The average molecular weight is 1500 g/mol. The average Bonchev–Trinajstić information content (AvgIpc) is 0.731. The van der Waals surface area contributed by atoms with Crippen molar-refractivity contribution in [3.05, 3.63) is 170 Å². The third-order valence-corrected chi connectivity index (χ3v) is 21.5. The summed E-state index contributed by atoms with van der Waals surface area (Å²) in [7, 11) is 0. The molecule has 0 aliphatic heterocycles. The molecule has 8 nitrogen and oxygen atoms in total. The fraction of sp³-hybridized carbons (Fsp3) is 0.462. The topological polar surface area (TPSA) is 73.8 Å². The molecule has 0 aromatic heterocycles. The third-order valence-electron chi connectivity index (χ3n) is 21.5. The summed E-state index contributed by atoms with van der Waals surface area (Å²) in [6.07, 6.45) is 34.8. The van der Waals surface area contributed by atoms with Gasteiger partial charge in [0.1, 0.15) is 23.0 Å². The minimum Gasteiger partial charge on any atom is -0.492 e. The van der Waals surface area contributed by atoms with E-state index in [0.717, 1.165) is 334 Å². The van der Waals surface area contributed by atoms with Crippen molar-refractivity contribution in [2.45, 2.75) is 261 Å². The lowest BCUT2D eigenvalue weighted by atomic mass is 9.92. The maximum absolute atomic E-state index is 6.99. The van der Waals surface area contributed by atoms with Gasteiger partial charge in [0.05, 0.1) is 74.4 Å². The monoisotopic (exact) mass is 1500 g/mol. The van der Waals surface area contributed by atoms with E-state index in [0.29, 0.717) is 52.9 Å². The molecule has 0 fully saturated rings. The Kier molecular flexibility index (Phi) is 33.6. The Morgan fingerprint density at radius 2 is 0.330 bits per heavy atom. The van der Waals surface area contributed by atoms with Gasteiger partial charge in [0.25, 0.3) is 0 Å². The Hall–Kier alpha value is -9.60. The molecule has 11 aromatic rings. The van der Waals surface area contributed by atoms with Crippen LogP contribution in [-0.4, -0.2) is 52.9 Å². The van der Waals surface area contributed by atoms with Gasteiger partial charge in [-0.15, -0.1) is 0 Å². The van der Waals surface area contributed by atoms with Gasteiger partial charge in [0.2, 0.25) is 0 Å². The van der Waals surface area contributed by atoms with Crippen molar-refractivity contribution in [2.24, 2.45) is 0 Å². The first-order chi connectivity index (χ1) is 55.3. The Balaban J connectivity index is 1.22. The van der Waals surface area contributed by atoms with Crippen LogP contribution in [0, 0.1) is 48.5 Å². The molecule has 0 N–H and O–H groups in total. The molecule has 0 saturated heterocycles. The van der Waals surface area contributed by atoms with Crippen molar-refractivity contribution in [3.8, 4) is 46.0 Å². The Morgan fingerprint density at radius 3 is 0.509 bits per heavy atom. The van der Waals surface area contributed by atoms with Crippen LogP contribution in [0.4, 0.5) is 0 Å². The largest absolute Gasteiger partial charge is 0.492 e. The number of hydrogen-bond donors (Lipinski definition) is 0. The second kappa shape index (κ2) is 45.2.